The number of unbranched alkanes of at least 4 members (excludes halogenated alkanes) is 2. The predicted octanol–water partition coefficient (Wildman–Crippen LogP) is 1.82. The van der Waals surface area contributed by atoms with Crippen molar-refractivity contribution in [3.63, 3.8) is 0 Å². The van der Waals surface area contributed by atoms with Crippen LogP contribution in [0.1, 0.15) is 43.5 Å². The van der Waals surface area contributed by atoms with E-state index in [1.165, 1.54) is 0 Å². The summed E-state index contributed by atoms with van der Waals surface area (Å²) in [7, 11) is 0. The first-order valence-corrected chi connectivity index (χ1v) is 7.33. The maximum Gasteiger partial charge on any atom is 0.337 e. The van der Waals surface area contributed by atoms with Gasteiger partial charge in [-0.1, -0.05) is 19.8 Å². The molecule has 0 aromatic heterocycles. The number of carbonyl (C=O) groups excluding carboxylic acids is 1. The number of aliphatic carboxylic acids is 1. The van der Waals surface area contributed by atoms with Crippen molar-refractivity contribution in [2.24, 2.45) is 0 Å². The van der Waals surface area contributed by atoms with Crippen LogP contribution in [0, 0.1) is 0 Å². The van der Waals surface area contributed by atoms with Crippen molar-refractivity contribution < 1.29 is 24.5 Å². The van der Waals surface area contributed by atoms with Crippen LogP contribution in [0.5, 0.6) is 5.75 Å². The average Bonchev–Trinajstić information content (AvgIpc) is 2.50. The van der Waals surface area contributed by atoms with Gasteiger partial charge in [0.25, 0.3) is 5.91 Å². The summed E-state index contributed by atoms with van der Waals surface area (Å²) < 4.78 is 5.54. The van der Waals surface area contributed by atoms with Gasteiger partial charge in [0.2, 0.25) is 0 Å². The lowest BCUT2D eigenvalue weighted by atomic mass is 10.1. The van der Waals surface area contributed by atoms with E-state index < -0.39 is 17.5 Å². The van der Waals surface area contributed by atoms with Crippen LogP contribution in [0.2, 0.25) is 0 Å². The van der Waals surface area contributed by atoms with Crippen molar-refractivity contribution >= 4 is 11.9 Å². The number of hydrogen-bond acceptors (Lipinski definition) is 4. The molecule has 0 saturated carbocycles. The van der Waals surface area contributed by atoms with E-state index in [0.29, 0.717) is 17.9 Å². The van der Waals surface area contributed by atoms with E-state index in [1.807, 2.05) is 0 Å². The number of amides is 1. The quantitative estimate of drug-likeness (QED) is 0.605. The van der Waals surface area contributed by atoms with Gasteiger partial charge in [-0.05, 0) is 37.6 Å². The summed E-state index contributed by atoms with van der Waals surface area (Å²) in [5.74, 6) is -1.15. The van der Waals surface area contributed by atoms with Crippen LogP contribution < -0.4 is 10.1 Å². The molecular weight excluding hydrogens is 286 g/mol. The van der Waals surface area contributed by atoms with Gasteiger partial charge >= 0.3 is 5.97 Å². The molecule has 6 heteroatoms. The second-order valence-electron chi connectivity index (χ2n) is 5.34. The third-order valence-electron chi connectivity index (χ3n) is 3.19. The number of hydrogen-bond donors (Lipinski definition) is 3. The Hall–Kier alpha value is -2.08. The summed E-state index contributed by atoms with van der Waals surface area (Å²) in [5.41, 5.74) is -1.61. The predicted molar refractivity (Wildman–Crippen MR) is 82.1 cm³/mol. The maximum absolute atomic E-state index is 11.9. The van der Waals surface area contributed by atoms with Crippen LogP contribution in [0.25, 0.3) is 0 Å². The number of nitrogens with one attached hydrogen (secondary N) is 1. The molecule has 1 unspecified atom stereocenters. The summed E-state index contributed by atoms with van der Waals surface area (Å²) in [6, 6.07) is 6.58. The van der Waals surface area contributed by atoms with Crippen molar-refractivity contribution in [2.75, 3.05) is 13.2 Å². The lowest BCUT2D eigenvalue weighted by Gasteiger charge is -2.18. The van der Waals surface area contributed by atoms with Gasteiger partial charge in [-0.3, -0.25) is 4.79 Å². The standard InChI is InChI=1S/C16H23NO5/c1-3-4-5-10-22-13-8-6-12(7-9-13)14(18)17-11-16(2,21)15(19)20/h6-9,21H,3-5,10-11H2,1-2H3,(H,17,18)(H,19,20). The number of carbonyl (C=O) groups is 2. The number of carboxylic acid groups (broad SMARTS) is 1. The monoisotopic (exact) mass is 309 g/mol. The van der Waals surface area contributed by atoms with Crippen molar-refractivity contribution in [1.82, 2.24) is 5.32 Å². The number of ether oxygens (including phenoxy) is 1. The molecular formula is C16H23NO5. The number of benzene rings is 1. The zero-order valence-electron chi connectivity index (χ0n) is 13.0. The minimum atomic E-state index is -1.99. The van der Waals surface area contributed by atoms with Crippen molar-refractivity contribution in [3.05, 3.63) is 29.8 Å². The zero-order valence-corrected chi connectivity index (χ0v) is 13.0. The fourth-order valence-electron chi connectivity index (χ4n) is 1.67. The van der Waals surface area contributed by atoms with Gasteiger partial charge in [-0.15, -0.1) is 0 Å². The van der Waals surface area contributed by atoms with Crippen LogP contribution in [-0.4, -0.2) is 40.8 Å². The molecule has 22 heavy (non-hydrogen) atoms. The lowest BCUT2D eigenvalue weighted by Crippen LogP contribution is -2.46. The minimum absolute atomic E-state index is 0.365. The van der Waals surface area contributed by atoms with Crippen LogP contribution in [-0.2, 0) is 4.79 Å². The lowest BCUT2D eigenvalue weighted by molar-refractivity contribution is -0.155. The Kier molecular flexibility index (Phi) is 6.85. The normalized spacial score (nSPS) is 13.2. The molecule has 0 saturated heterocycles. The Bertz CT molecular complexity index is 496. The summed E-state index contributed by atoms with van der Waals surface area (Å²) in [6.45, 7) is 3.52. The molecule has 6 nitrogen and oxygen atoms in total. The SMILES string of the molecule is CCCCCOc1ccc(C(=O)NCC(C)(O)C(=O)O)cc1. The van der Waals surface area contributed by atoms with Gasteiger partial charge in [0.1, 0.15) is 5.75 Å². The van der Waals surface area contributed by atoms with E-state index in [-0.39, 0.29) is 6.54 Å². The molecule has 0 radical (unpaired) electrons. The molecule has 1 rings (SSSR count). The van der Waals surface area contributed by atoms with Crippen LogP contribution >= 0.6 is 0 Å². The molecule has 122 valence electrons. The van der Waals surface area contributed by atoms with Gasteiger partial charge in [0.05, 0.1) is 13.2 Å². The minimum Gasteiger partial charge on any atom is -0.494 e. The molecule has 0 spiro atoms. The molecule has 0 aliphatic carbocycles. The third kappa shape index (κ3) is 5.73. The van der Waals surface area contributed by atoms with Crippen molar-refractivity contribution in [2.45, 2.75) is 38.7 Å². The largest absolute Gasteiger partial charge is 0.494 e. The molecule has 0 heterocycles. The summed E-state index contributed by atoms with van der Waals surface area (Å²) >= 11 is 0. The van der Waals surface area contributed by atoms with Gasteiger partial charge in [0.15, 0.2) is 5.60 Å². The molecule has 0 aliphatic rings. The van der Waals surface area contributed by atoms with Crippen LogP contribution in [0.4, 0.5) is 0 Å². The Morgan fingerprint density at radius 2 is 1.86 bits per heavy atom. The molecule has 1 atom stereocenters. The molecule has 3 N–H and O–H groups in total. The summed E-state index contributed by atoms with van der Waals surface area (Å²) in [4.78, 5) is 22.6. The van der Waals surface area contributed by atoms with E-state index in [9.17, 15) is 14.7 Å². The second-order valence-corrected chi connectivity index (χ2v) is 5.34. The van der Waals surface area contributed by atoms with Crippen LogP contribution in [0.3, 0.4) is 0 Å². The average molecular weight is 309 g/mol. The highest BCUT2D eigenvalue weighted by Gasteiger charge is 2.30. The smallest absolute Gasteiger partial charge is 0.337 e. The number of rotatable bonds is 9. The fourth-order valence-corrected chi connectivity index (χ4v) is 1.67. The molecule has 0 fully saturated rings. The van der Waals surface area contributed by atoms with Gasteiger partial charge in [-0.25, -0.2) is 4.79 Å². The van der Waals surface area contributed by atoms with Crippen molar-refractivity contribution in [3.8, 4) is 5.75 Å². The van der Waals surface area contributed by atoms with E-state index in [1.54, 1.807) is 24.3 Å². The highest BCUT2D eigenvalue weighted by molar-refractivity contribution is 5.94. The molecule has 1 aromatic carbocycles. The van der Waals surface area contributed by atoms with E-state index in [4.69, 9.17) is 9.84 Å². The maximum atomic E-state index is 11.9. The first-order valence-electron chi connectivity index (χ1n) is 7.33. The van der Waals surface area contributed by atoms with E-state index in [2.05, 4.69) is 12.2 Å². The second kappa shape index (κ2) is 8.38. The number of aliphatic hydroxyl groups is 1. The Morgan fingerprint density at radius 1 is 1.23 bits per heavy atom. The Morgan fingerprint density at radius 3 is 2.41 bits per heavy atom. The van der Waals surface area contributed by atoms with Crippen LogP contribution in [0.15, 0.2) is 24.3 Å². The highest BCUT2D eigenvalue weighted by atomic mass is 16.5. The first-order chi connectivity index (χ1) is 10.4. The van der Waals surface area contributed by atoms with Gasteiger partial charge in [-0.2, -0.15) is 0 Å². The Balaban J connectivity index is 2.48. The summed E-state index contributed by atoms with van der Waals surface area (Å²) in [6.07, 6.45) is 3.23. The molecule has 0 bridgehead atoms. The Labute approximate surface area is 130 Å². The third-order valence-corrected chi connectivity index (χ3v) is 3.19. The molecule has 1 amide bonds. The summed E-state index contributed by atoms with van der Waals surface area (Å²) in [5, 5.41) is 20.7. The number of carboxylic acids is 1. The highest BCUT2D eigenvalue weighted by Crippen LogP contribution is 2.13. The topological polar surface area (TPSA) is 95.9 Å². The fraction of sp³-hybridized carbons (Fsp3) is 0.500. The van der Waals surface area contributed by atoms with Gasteiger partial charge < -0.3 is 20.3 Å². The van der Waals surface area contributed by atoms with E-state index in [0.717, 1.165) is 26.2 Å². The van der Waals surface area contributed by atoms with Gasteiger partial charge in [0, 0.05) is 5.56 Å². The van der Waals surface area contributed by atoms with E-state index >= 15 is 0 Å². The first kappa shape index (κ1) is 18.0. The molecule has 0 aliphatic heterocycles. The van der Waals surface area contributed by atoms with Crippen molar-refractivity contribution in [1.29, 1.82) is 0 Å². The molecule has 1 aromatic rings. The zero-order chi connectivity index (χ0) is 16.6.